The summed E-state index contributed by atoms with van der Waals surface area (Å²) in [6, 6.07) is 2.80. The van der Waals surface area contributed by atoms with Gasteiger partial charge in [-0.2, -0.15) is 5.10 Å². The van der Waals surface area contributed by atoms with Crippen molar-refractivity contribution < 1.29 is 12.8 Å². The summed E-state index contributed by atoms with van der Waals surface area (Å²) in [7, 11) is -0.361. The zero-order valence-corrected chi connectivity index (χ0v) is 14.6. The van der Waals surface area contributed by atoms with Crippen LogP contribution in [0.2, 0.25) is 0 Å². The van der Waals surface area contributed by atoms with Gasteiger partial charge in [0.25, 0.3) is 10.0 Å². The topological polar surface area (TPSA) is 99.1 Å². The SMILES string of the molecule is Cn1nc(C[C@H]2CCCC[C@H]2NS(=O)(=O)c2ccco2)n(C)c1=O. The molecule has 2 heterocycles. The summed E-state index contributed by atoms with van der Waals surface area (Å²) in [5.74, 6) is 0.778. The third-order valence-corrected chi connectivity index (χ3v) is 6.01. The Kier molecular flexibility index (Phi) is 4.64. The van der Waals surface area contributed by atoms with E-state index in [0.29, 0.717) is 12.2 Å². The number of rotatable bonds is 5. The van der Waals surface area contributed by atoms with Crippen LogP contribution < -0.4 is 10.4 Å². The number of hydrogen-bond donors (Lipinski definition) is 1. The van der Waals surface area contributed by atoms with Crippen molar-refractivity contribution in [2.24, 2.45) is 20.0 Å². The van der Waals surface area contributed by atoms with E-state index in [1.807, 2.05) is 0 Å². The second-order valence-electron chi connectivity index (χ2n) is 6.29. The van der Waals surface area contributed by atoms with Crippen LogP contribution in [0.25, 0.3) is 0 Å². The predicted molar refractivity (Wildman–Crippen MR) is 86.9 cm³/mol. The Morgan fingerprint density at radius 2 is 2.08 bits per heavy atom. The Hall–Kier alpha value is -1.87. The molecule has 0 bridgehead atoms. The molecule has 132 valence electrons. The maximum Gasteiger partial charge on any atom is 0.345 e. The van der Waals surface area contributed by atoms with Gasteiger partial charge >= 0.3 is 5.69 Å². The second kappa shape index (κ2) is 6.56. The molecular formula is C15H22N4O4S. The van der Waals surface area contributed by atoms with Crippen molar-refractivity contribution in [3.63, 3.8) is 0 Å². The normalized spacial score (nSPS) is 21.9. The van der Waals surface area contributed by atoms with Crippen molar-refractivity contribution in [2.45, 2.75) is 43.2 Å². The number of hydrogen-bond acceptors (Lipinski definition) is 5. The molecule has 24 heavy (non-hydrogen) atoms. The first-order valence-corrected chi connectivity index (χ1v) is 9.51. The maximum absolute atomic E-state index is 12.4. The van der Waals surface area contributed by atoms with Crippen molar-refractivity contribution >= 4 is 10.0 Å². The Morgan fingerprint density at radius 3 is 2.71 bits per heavy atom. The summed E-state index contributed by atoms with van der Waals surface area (Å²) < 4.78 is 35.4. The van der Waals surface area contributed by atoms with Crippen molar-refractivity contribution in [1.29, 1.82) is 0 Å². The highest BCUT2D eigenvalue weighted by Gasteiger charge is 2.31. The Balaban J connectivity index is 1.79. The highest BCUT2D eigenvalue weighted by molar-refractivity contribution is 7.89. The number of sulfonamides is 1. The molecule has 2 atom stereocenters. The van der Waals surface area contributed by atoms with E-state index in [9.17, 15) is 13.2 Å². The van der Waals surface area contributed by atoms with Gasteiger partial charge in [-0.3, -0.25) is 4.57 Å². The summed E-state index contributed by atoms with van der Waals surface area (Å²) in [5.41, 5.74) is -0.173. The lowest BCUT2D eigenvalue weighted by molar-refractivity contribution is 0.280. The molecule has 1 N–H and O–H groups in total. The predicted octanol–water partition coefficient (Wildman–Crippen LogP) is 0.792. The van der Waals surface area contributed by atoms with Crippen LogP contribution in [0, 0.1) is 5.92 Å². The highest BCUT2D eigenvalue weighted by Crippen LogP contribution is 2.28. The molecule has 2 aromatic heterocycles. The summed E-state index contributed by atoms with van der Waals surface area (Å²) in [6.45, 7) is 0. The van der Waals surface area contributed by atoms with Gasteiger partial charge < -0.3 is 4.42 Å². The van der Waals surface area contributed by atoms with Gasteiger partial charge in [0.2, 0.25) is 5.09 Å². The smallest absolute Gasteiger partial charge is 0.345 e. The summed E-state index contributed by atoms with van der Waals surface area (Å²) in [4.78, 5) is 11.8. The van der Waals surface area contributed by atoms with Crippen molar-refractivity contribution in [1.82, 2.24) is 19.1 Å². The molecule has 3 rings (SSSR count). The van der Waals surface area contributed by atoms with E-state index in [-0.39, 0.29) is 22.7 Å². The van der Waals surface area contributed by atoms with E-state index in [2.05, 4.69) is 9.82 Å². The minimum Gasteiger partial charge on any atom is -0.452 e. The van der Waals surface area contributed by atoms with Crippen molar-refractivity contribution in [3.8, 4) is 0 Å². The lowest BCUT2D eigenvalue weighted by Crippen LogP contribution is -2.43. The van der Waals surface area contributed by atoms with Gasteiger partial charge in [0.15, 0.2) is 0 Å². The van der Waals surface area contributed by atoms with Crippen LogP contribution in [-0.4, -0.2) is 28.8 Å². The van der Waals surface area contributed by atoms with Crippen molar-refractivity contribution in [2.75, 3.05) is 0 Å². The van der Waals surface area contributed by atoms with E-state index in [0.717, 1.165) is 25.7 Å². The van der Waals surface area contributed by atoms with Gasteiger partial charge in [-0.15, -0.1) is 0 Å². The zero-order valence-electron chi connectivity index (χ0n) is 13.8. The fourth-order valence-corrected chi connectivity index (χ4v) is 4.57. The largest absolute Gasteiger partial charge is 0.452 e. The summed E-state index contributed by atoms with van der Waals surface area (Å²) >= 11 is 0. The molecule has 0 unspecified atom stereocenters. The molecule has 1 aliphatic carbocycles. The number of nitrogens with one attached hydrogen (secondary N) is 1. The molecule has 0 aliphatic heterocycles. The summed E-state index contributed by atoms with van der Waals surface area (Å²) in [6.07, 6.45) is 5.60. The molecule has 0 amide bonds. The van der Waals surface area contributed by atoms with Gasteiger partial charge in [0, 0.05) is 26.6 Å². The van der Waals surface area contributed by atoms with Crippen LogP contribution in [0.1, 0.15) is 31.5 Å². The molecule has 0 spiro atoms. The van der Waals surface area contributed by atoms with Crippen LogP contribution in [-0.2, 0) is 30.5 Å². The first kappa shape index (κ1) is 17.0. The molecule has 0 aromatic carbocycles. The molecule has 9 heteroatoms. The summed E-state index contributed by atoms with van der Waals surface area (Å²) in [5, 5.41) is 4.18. The zero-order chi connectivity index (χ0) is 17.3. The highest BCUT2D eigenvalue weighted by atomic mass is 32.2. The lowest BCUT2D eigenvalue weighted by Gasteiger charge is -2.31. The van der Waals surface area contributed by atoms with Crippen LogP contribution >= 0.6 is 0 Å². The Morgan fingerprint density at radius 1 is 1.33 bits per heavy atom. The minimum atomic E-state index is -3.67. The maximum atomic E-state index is 12.4. The van der Waals surface area contributed by atoms with Crippen LogP contribution in [0.3, 0.4) is 0 Å². The molecule has 0 saturated heterocycles. The second-order valence-corrected chi connectivity index (χ2v) is 7.93. The quantitative estimate of drug-likeness (QED) is 0.856. The Labute approximate surface area is 140 Å². The van der Waals surface area contributed by atoms with E-state index >= 15 is 0 Å². The standard InChI is InChI=1S/C15H22N4O4S/c1-18-13(16-19(2)15(18)20)10-11-6-3-4-7-12(11)17-24(21,22)14-8-5-9-23-14/h5,8-9,11-12,17H,3-4,6-7,10H2,1-2H3/t11-,12-/m1/s1. The van der Waals surface area contributed by atoms with Crippen molar-refractivity contribution in [3.05, 3.63) is 34.7 Å². The fourth-order valence-electron chi connectivity index (χ4n) is 3.30. The van der Waals surface area contributed by atoms with E-state index < -0.39 is 10.0 Å². The third kappa shape index (κ3) is 3.32. The average Bonchev–Trinajstić information content (AvgIpc) is 3.16. The molecule has 1 fully saturated rings. The first-order valence-electron chi connectivity index (χ1n) is 8.03. The average molecular weight is 354 g/mol. The molecular weight excluding hydrogens is 332 g/mol. The van der Waals surface area contributed by atoms with Crippen LogP contribution in [0.15, 0.2) is 32.7 Å². The van der Waals surface area contributed by atoms with E-state index in [1.54, 1.807) is 20.2 Å². The Bertz CT molecular complexity index is 851. The molecule has 1 aliphatic rings. The monoisotopic (exact) mass is 354 g/mol. The fraction of sp³-hybridized carbons (Fsp3) is 0.600. The number of aryl methyl sites for hydroxylation is 1. The van der Waals surface area contributed by atoms with Gasteiger partial charge in [0.05, 0.1) is 6.26 Å². The van der Waals surface area contributed by atoms with Gasteiger partial charge in [0.1, 0.15) is 5.82 Å². The van der Waals surface area contributed by atoms with Gasteiger partial charge in [-0.05, 0) is 30.9 Å². The van der Waals surface area contributed by atoms with E-state index in [1.165, 1.54) is 21.6 Å². The molecule has 8 nitrogen and oxygen atoms in total. The van der Waals surface area contributed by atoms with Crippen LogP contribution in [0.5, 0.6) is 0 Å². The van der Waals surface area contributed by atoms with Gasteiger partial charge in [-0.1, -0.05) is 12.8 Å². The molecule has 1 saturated carbocycles. The molecule has 2 aromatic rings. The minimum absolute atomic E-state index is 0.0722. The van der Waals surface area contributed by atoms with E-state index in [4.69, 9.17) is 4.42 Å². The lowest BCUT2D eigenvalue weighted by atomic mass is 9.83. The number of furan rings is 1. The number of aromatic nitrogens is 3. The van der Waals surface area contributed by atoms with Crippen LogP contribution in [0.4, 0.5) is 0 Å². The number of nitrogens with zero attached hydrogens (tertiary/aromatic N) is 3. The van der Waals surface area contributed by atoms with Gasteiger partial charge in [-0.25, -0.2) is 22.6 Å². The molecule has 0 radical (unpaired) electrons. The third-order valence-electron chi connectivity index (χ3n) is 4.64. The first-order chi connectivity index (χ1) is 11.4.